The number of benzene rings is 1. The minimum absolute atomic E-state index is 0.246. The van der Waals surface area contributed by atoms with Gasteiger partial charge in [0, 0.05) is 0 Å². The predicted molar refractivity (Wildman–Crippen MR) is 46.0 cm³/mol. The summed E-state index contributed by atoms with van der Waals surface area (Å²) in [5, 5.41) is 1.36. The van der Waals surface area contributed by atoms with Crippen molar-refractivity contribution >= 4 is 11.6 Å². The summed E-state index contributed by atoms with van der Waals surface area (Å²) in [4.78, 5) is 10.5. The number of nitrogens with one attached hydrogen (secondary N) is 1. The molecule has 8 heteroatoms. The molecule has 1 N–H and O–H groups in total. The summed E-state index contributed by atoms with van der Waals surface area (Å²) >= 11 is 0. The molecule has 17 heavy (non-hydrogen) atoms. The maximum absolute atomic E-state index is 13.0. The largest absolute Gasteiger partial charge is 0.416 e. The van der Waals surface area contributed by atoms with Crippen LogP contribution in [0.3, 0.4) is 0 Å². The number of halogens is 6. The molecule has 0 aliphatic carbocycles. The van der Waals surface area contributed by atoms with E-state index in [-0.39, 0.29) is 6.07 Å². The van der Waals surface area contributed by atoms with E-state index in [4.69, 9.17) is 0 Å². The lowest BCUT2D eigenvalue weighted by atomic mass is 10.2. The van der Waals surface area contributed by atoms with E-state index in [2.05, 4.69) is 0 Å². The van der Waals surface area contributed by atoms with E-state index >= 15 is 0 Å². The molecule has 0 atom stereocenters. The second kappa shape index (κ2) is 4.64. The highest BCUT2D eigenvalue weighted by Crippen LogP contribution is 2.31. The standard InChI is InChI=1S/C9H5F6NO/c10-5-2-1-4(9(13,14)15)3-6(5)16-8(17)7(11)12/h1-3,7H,(H,16,17). The van der Waals surface area contributed by atoms with E-state index < -0.39 is 35.6 Å². The summed E-state index contributed by atoms with van der Waals surface area (Å²) in [5.41, 5.74) is -2.19. The van der Waals surface area contributed by atoms with Crippen LogP contribution in [0.4, 0.5) is 32.0 Å². The zero-order chi connectivity index (χ0) is 13.2. The van der Waals surface area contributed by atoms with E-state index in [1.54, 1.807) is 0 Å². The molecule has 2 nitrogen and oxygen atoms in total. The number of alkyl halides is 5. The molecule has 0 spiro atoms. The van der Waals surface area contributed by atoms with Gasteiger partial charge >= 0.3 is 12.6 Å². The van der Waals surface area contributed by atoms with Gasteiger partial charge in [0.15, 0.2) is 0 Å². The van der Waals surface area contributed by atoms with Gasteiger partial charge in [-0.05, 0) is 18.2 Å². The van der Waals surface area contributed by atoms with Crippen molar-refractivity contribution in [3.8, 4) is 0 Å². The Kier molecular flexibility index (Phi) is 3.64. The Morgan fingerprint density at radius 1 is 1.24 bits per heavy atom. The summed E-state index contributed by atoms with van der Waals surface area (Å²) < 4.78 is 73.2. The number of anilines is 1. The SMILES string of the molecule is O=C(Nc1cc(C(F)(F)F)ccc1F)C(F)F. The molecule has 0 aliphatic rings. The van der Waals surface area contributed by atoms with Crippen molar-refractivity contribution in [1.82, 2.24) is 0 Å². The van der Waals surface area contributed by atoms with Crippen molar-refractivity contribution in [3.63, 3.8) is 0 Å². The van der Waals surface area contributed by atoms with Crippen LogP contribution in [-0.4, -0.2) is 12.3 Å². The summed E-state index contributed by atoms with van der Waals surface area (Å²) in [6, 6.07) is 1.12. The molecule has 0 heterocycles. The van der Waals surface area contributed by atoms with Gasteiger partial charge in [-0.3, -0.25) is 4.79 Å². The van der Waals surface area contributed by atoms with Crippen LogP contribution in [0.1, 0.15) is 5.56 Å². The van der Waals surface area contributed by atoms with Crippen LogP contribution < -0.4 is 5.32 Å². The molecule has 1 amide bonds. The van der Waals surface area contributed by atoms with Crippen molar-refractivity contribution < 1.29 is 31.1 Å². The zero-order valence-corrected chi connectivity index (χ0v) is 7.99. The molecular weight excluding hydrogens is 252 g/mol. The number of carbonyl (C=O) groups is 1. The number of rotatable bonds is 2. The smallest absolute Gasteiger partial charge is 0.319 e. The van der Waals surface area contributed by atoms with E-state index in [0.29, 0.717) is 12.1 Å². The van der Waals surface area contributed by atoms with Gasteiger partial charge in [-0.1, -0.05) is 0 Å². The Bertz CT molecular complexity index is 428. The van der Waals surface area contributed by atoms with E-state index in [1.165, 1.54) is 5.32 Å². The molecule has 0 bridgehead atoms. The Balaban J connectivity index is 3.03. The normalized spacial score (nSPS) is 11.7. The van der Waals surface area contributed by atoms with Crippen LogP contribution in [0, 0.1) is 5.82 Å². The molecule has 1 aromatic rings. The van der Waals surface area contributed by atoms with Crippen LogP contribution >= 0.6 is 0 Å². The Hall–Kier alpha value is -1.73. The first-order valence-electron chi connectivity index (χ1n) is 4.17. The lowest BCUT2D eigenvalue weighted by molar-refractivity contribution is -0.137. The van der Waals surface area contributed by atoms with Crippen LogP contribution in [0.2, 0.25) is 0 Å². The van der Waals surface area contributed by atoms with E-state index in [0.717, 1.165) is 0 Å². The Morgan fingerprint density at radius 3 is 2.29 bits per heavy atom. The van der Waals surface area contributed by atoms with Gasteiger partial charge in [0.2, 0.25) is 0 Å². The minimum Gasteiger partial charge on any atom is -0.319 e. The van der Waals surface area contributed by atoms with Crippen molar-refractivity contribution in [2.75, 3.05) is 5.32 Å². The molecule has 1 aromatic carbocycles. The molecule has 1 rings (SSSR count). The zero-order valence-electron chi connectivity index (χ0n) is 7.99. The molecule has 94 valence electrons. The molecular formula is C9H5F6NO. The number of hydrogen-bond acceptors (Lipinski definition) is 1. The van der Waals surface area contributed by atoms with Gasteiger partial charge in [-0.25, -0.2) is 4.39 Å². The van der Waals surface area contributed by atoms with Crippen molar-refractivity contribution in [2.24, 2.45) is 0 Å². The van der Waals surface area contributed by atoms with E-state index in [9.17, 15) is 31.1 Å². The van der Waals surface area contributed by atoms with Crippen molar-refractivity contribution in [3.05, 3.63) is 29.6 Å². The third kappa shape index (κ3) is 3.36. The maximum Gasteiger partial charge on any atom is 0.416 e. The first kappa shape index (κ1) is 13.3. The second-order valence-corrected chi connectivity index (χ2v) is 2.98. The number of carbonyl (C=O) groups excluding carboxylic acids is 1. The molecule has 0 unspecified atom stereocenters. The molecule has 0 aromatic heterocycles. The molecule has 0 saturated carbocycles. The van der Waals surface area contributed by atoms with Gasteiger partial charge in [0.05, 0.1) is 11.3 Å². The van der Waals surface area contributed by atoms with Crippen LogP contribution in [0.15, 0.2) is 18.2 Å². The maximum atomic E-state index is 13.0. The highest BCUT2D eigenvalue weighted by Gasteiger charge is 2.31. The topological polar surface area (TPSA) is 29.1 Å². The predicted octanol–water partition coefficient (Wildman–Crippen LogP) is 3.05. The van der Waals surface area contributed by atoms with Crippen molar-refractivity contribution in [2.45, 2.75) is 12.6 Å². The minimum atomic E-state index is -4.75. The highest BCUT2D eigenvalue weighted by molar-refractivity contribution is 5.93. The average molecular weight is 257 g/mol. The van der Waals surface area contributed by atoms with Gasteiger partial charge in [-0.15, -0.1) is 0 Å². The lowest BCUT2D eigenvalue weighted by Crippen LogP contribution is -2.21. The first-order valence-corrected chi connectivity index (χ1v) is 4.17. The quantitative estimate of drug-likeness (QED) is 0.810. The number of hydrogen-bond donors (Lipinski definition) is 1. The van der Waals surface area contributed by atoms with E-state index in [1.807, 2.05) is 0 Å². The summed E-state index contributed by atoms with van der Waals surface area (Å²) in [6.07, 6.45) is -8.19. The van der Waals surface area contributed by atoms with Gasteiger partial charge in [0.1, 0.15) is 5.82 Å². The lowest BCUT2D eigenvalue weighted by Gasteiger charge is -2.10. The highest BCUT2D eigenvalue weighted by atomic mass is 19.4. The van der Waals surface area contributed by atoms with Gasteiger partial charge in [0.25, 0.3) is 5.91 Å². The third-order valence-corrected chi connectivity index (χ3v) is 1.75. The molecule has 0 aliphatic heterocycles. The van der Waals surface area contributed by atoms with Gasteiger partial charge < -0.3 is 5.32 Å². The Labute approximate surface area is 91.2 Å². The second-order valence-electron chi connectivity index (χ2n) is 2.98. The fourth-order valence-corrected chi connectivity index (χ4v) is 0.985. The van der Waals surface area contributed by atoms with Gasteiger partial charge in [-0.2, -0.15) is 22.0 Å². The number of amides is 1. The summed E-state index contributed by atoms with van der Waals surface area (Å²) in [5.74, 6) is -3.10. The molecule has 0 saturated heterocycles. The Morgan fingerprint density at radius 2 is 1.82 bits per heavy atom. The fourth-order valence-electron chi connectivity index (χ4n) is 0.985. The summed E-state index contributed by atoms with van der Waals surface area (Å²) in [6.45, 7) is 0. The summed E-state index contributed by atoms with van der Waals surface area (Å²) in [7, 11) is 0. The first-order chi connectivity index (χ1) is 7.71. The van der Waals surface area contributed by atoms with Crippen LogP contribution in [-0.2, 0) is 11.0 Å². The van der Waals surface area contributed by atoms with Crippen LogP contribution in [0.5, 0.6) is 0 Å². The monoisotopic (exact) mass is 257 g/mol. The van der Waals surface area contributed by atoms with Crippen molar-refractivity contribution in [1.29, 1.82) is 0 Å². The fraction of sp³-hybridized carbons (Fsp3) is 0.222. The van der Waals surface area contributed by atoms with Crippen LogP contribution in [0.25, 0.3) is 0 Å². The third-order valence-electron chi connectivity index (χ3n) is 1.75. The molecule has 0 fully saturated rings. The molecule has 0 radical (unpaired) electrons. The average Bonchev–Trinajstić information content (AvgIpc) is 2.19.